The molecule has 13 rings (SSSR count). The molecule has 4 aromatic heterocycles. The van der Waals surface area contributed by atoms with E-state index in [1.165, 1.54) is 97.9 Å². The van der Waals surface area contributed by atoms with Crippen LogP contribution in [0.15, 0.2) is 128 Å². The number of esters is 7. The number of aromatic carboxylic acids is 1. The fourth-order valence-corrected chi connectivity index (χ4v) is 15.8. The quantitative estimate of drug-likeness (QED) is 0.0226. The zero-order valence-corrected chi connectivity index (χ0v) is 88.0. The molecule has 0 spiro atoms. The molecule has 792 valence electrons. The number of amides is 3. The fourth-order valence-electron chi connectivity index (χ4n) is 15.8. The molecule has 0 bridgehead atoms. The van der Waals surface area contributed by atoms with Crippen molar-refractivity contribution in [2.45, 2.75) is 259 Å². The zero-order chi connectivity index (χ0) is 110. The van der Waals surface area contributed by atoms with E-state index in [1.807, 2.05) is 34.6 Å². The summed E-state index contributed by atoms with van der Waals surface area (Å²) in [6, 6.07) is 20.6. The van der Waals surface area contributed by atoms with Gasteiger partial charge in [0, 0.05) is 78.1 Å². The van der Waals surface area contributed by atoms with Gasteiger partial charge in [-0.05, 0) is 307 Å². The molecule has 41 heteroatoms. The average molecular weight is 2050 g/mol. The molecule has 3 amide bonds. The summed E-state index contributed by atoms with van der Waals surface area (Å²) in [6.07, 6.45) is 7.64. The topological polar surface area (TPSA) is 496 Å². The summed E-state index contributed by atoms with van der Waals surface area (Å²) in [4.78, 5) is 154. The first-order chi connectivity index (χ1) is 68.0. The third-order valence-corrected chi connectivity index (χ3v) is 23.5. The van der Waals surface area contributed by atoms with Gasteiger partial charge >= 0.3 is 73.2 Å². The summed E-state index contributed by atoms with van der Waals surface area (Å²) >= 11 is 0. The number of anilines is 4. The molecule has 1 unspecified atom stereocenters. The summed E-state index contributed by atoms with van der Waals surface area (Å²) in [5, 5.41) is 12.0. The molecule has 0 saturated carbocycles. The highest BCUT2D eigenvalue weighted by molar-refractivity contribution is 6.62. The summed E-state index contributed by atoms with van der Waals surface area (Å²) < 4.78 is 122. The Morgan fingerprint density at radius 1 is 0.408 bits per heavy atom. The summed E-state index contributed by atoms with van der Waals surface area (Å²) in [6.45, 7) is 42.4. The number of nitrogens with two attached hydrogens (primary N) is 4. The van der Waals surface area contributed by atoms with E-state index >= 15 is 0 Å². The highest BCUT2D eigenvalue weighted by atomic mass is 19.1. The Labute approximate surface area is 852 Å². The zero-order valence-electron chi connectivity index (χ0n) is 88.0. The van der Waals surface area contributed by atoms with E-state index in [0.29, 0.717) is 99.0 Å². The summed E-state index contributed by atoms with van der Waals surface area (Å²) in [5.41, 5.74) is 25.0. The minimum Gasteiger partial charge on any atom is -0.478 e. The van der Waals surface area contributed by atoms with Crippen LogP contribution in [0.5, 0.6) is 0 Å². The van der Waals surface area contributed by atoms with Crippen LogP contribution in [0.1, 0.15) is 248 Å². The molecule has 10 N–H and O–H groups in total. The van der Waals surface area contributed by atoms with E-state index in [-0.39, 0.29) is 88.8 Å². The number of carboxylic acid groups (broad SMARTS) is 1. The van der Waals surface area contributed by atoms with Crippen molar-refractivity contribution in [2.24, 2.45) is 5.92 Å². The predicted octanol–water partition coefficient (Wildman–Crippen LogP) is 16.6. The van der Waals surface area contributed by atoms with Crippen LogP contribution in [0.3, 0.4) is 0 Å². The predicted molar refractivity (Wildman–Crippen MR) is 541 cm³/mol. The Morgan fingerprint density at radius 3 is 1.12 bits per heavy atom. The second kappa shape index (κ2) is 46.6. The standard InChI is InChI=1S/C27H34FN3O6.C27H32FN3O6.C22H28BFN2O4.C18H18FN3O4.C12H21NO4/c2*1-26(2,3)36-23(32)18-9-8-15(11-20(18)28)19-10-16(13-30-22(19)29)17-12-21(24(33)35-7)31(14-17)25(34)37-27(4,5)6;1-20(2,3)28-19(27)15-9-8-13(10-17(15)24)16-11-14(12-26-18(16)25)23-29-21(4,5)22(6,7)30-23;1-26-18(25)15-6-11(7-21-15)10-4-13(16(20)22-8-10)9-2-3-12(17(23)24)14(19)5-9;1-8-6-9(10(14)16-5)13(7-8)11(15)17-12(2,3)4/h8-11,13,17,21H,12,14H2,1-7H3,(H2,29,30);8-13,21H,14H2,1-7H3,(H2,29,30);8-12H,1-7H3,(H2,25,26);2-5,8,11,15,21H,6-7H2,1H3,(H2,20,22)(H,23,24);8-9H,6-7H2,1-5H3/t17-,21-;21-;;11-,15-;8?,9-/m00.00/s1. The molecular weight excluding hydrogens is 1910 g/mol. The average Bonchev–Trinajstić information content (AvgIpc) is 1.61. The number of hydrogen-bond donors (Lipinski definition) is 6. The number of nitrogens with one attached hydrogen (secondary N) is 1. The highest BCUT2D eigenvalue weighted by Gasteiger charge is 2.53. The van der Waals surface area contributed by atoms with Crippen molar-refractivity contribution in [1.29, 1.82) is 0 Å². The molecule has 4 saturated heterocycles. The van der Waals surface area contributed by atoms with Crippen molar-refractivity contribution in [1.82, 2.24) is 40.0 Å². The second-order valence-electron chi connectivity index (χ2n) is 42.7. The van der Waals surface area contributed by atoms with E-state index in [0.717, 1.165) is 11.6 Å². The largest absolute Gasteiger partial charge is 0.496 e. The number of methoxy groups -OCH3 is 4. The third kappa shape index (κ3) is 30.9. The Hall–Kier alpha value is -14.3. The number of pyridine rings is 4. The Kier molecular flexibility index (Phi) is 36.8. The maximum absolute atomic E-state index is 14.9. The number of ether oxygens (including phenoxy) is 10. The molecule has 7 atom stereocenters. The lowest BCUT2D eigenvalue weighted by molar-refractivity contribution is -0.146. The van der Waals surface area contributed by atoms with Crippen LogP contribution in [0.4, 0.5) is 55.2 Å². The van der Waals surface area contributed by atoms with Crippen LogP contribution in [0.25, 0.3) is 50.1 Å². The van der Waals surface area contributed by atoms with Crippen LogP contribution >= 0.6 is 0 Å². The van der Waals surface area contributed by atoms with Crippen molar-refractivity contribution in [3.8, 4) is 44.5 Å². The number of hydrogen-bond acceptors (Lipinski definition) is 32. The molecule has 9 heterocycles. The van der Waals surface area contributed by atoms with Crippen LogP contribution in [0.2, 0.25) is 0 Å². The van der Waals surface area contributed by atoms with Gasteiger partial charge in [-0.2, -0.15) is 0 Å². The first kappa shape index (κ1) is 116. The second-order valence-corrected chi connectivity index (χ2v) is 42.7. The lowest BCUT2D eigenvalue weighted by atomic mass is 9.79. The van der Waals surface area contributed by atoms with Crippen molar-refractivity contribution in [3.05, 3.63) is 190 Å². The fraction of sp³-hybridized carbons (Fsp3) is 0.462. The van der Waals surface area contributed by atoms with Crippen molar-refractivity contribution in [3.63, 3.8) is 0 Å². The SMILES string of the molecule is CC(C)(C)OC(=O)c1ccc(-c2cc(B3OC(C)(C)C(C)(C)O3)cnc2N)cc1F.COC(=O)[C@@H]1C=C(c2cnc(N)c(-c3ccc(C(=O)OC(C)(C)C)c(F)c3)c2)CN1C(=O)OC(C)(C)C.COC(=O)[C@@H]1CC(C)CN1C(=O)OC(C)(C)C.COC(=O)[C@@H]1C[C@H](c2cnc(N)c(-c3ccc(C(=O)O)c(F)c3)c2)CN1.COC(=O)[C@@H]1C[C@H](c2cnc(N)c(-c3ccc(C(=O)OC(C)(C)C)c(F)c3)c2)CN1C(=O)OC(C)(C)C. The molecule has 0 aliphatic carbocycles. The number of aromatic nitrogens is 4. The monoisotopic (exact) mass is 2040 g/mol. The molecule has 8 aromatic rings. The number of nitrogen functional groups attached to an aromatic ring is 4. The van der Waals surface area contributed by atoms with Gasteiger partial charge in [0.05, 0.1) is 68.4 Å². The number of nitrogens with zero attached hydrogens (tertiary/aromatic N) is 7. The normalized spacial score (nSPS) is 18.4. The van der Waals surface area contributed by atoms with E-state index in [4.69, 9.17) is 84.7 Å². The Bertz CT molecular complexity index is 6260. The smallest absolute Gasteiger partial charge is 0.478 e. The van der Waals surface area contributed by atoms with Crippen LogP contribution in [-0.4, -0.2) is 236 Å². The number of likely N-dealkylation sites (tertiary alicyclic amines) is 2. The molecule has 4 aromatic carbocycles. The summed E-state index contributed by atoms with van der Waals surface area (Å²) in [7, 11) is 4.56. The number of carbonyl (C=O) groups is 11. The van der Waals surface area contributed by atoms with Crippen molar-refractivity contribution in [2.75, 3.05) is 77.6 Å². The van der Waals surface area contributed by atoms with Gasteiger partial charge in [0.25, 0.3) is 0 Å². The third-order valence-electron chi connectivity index (χ3n) is 23.5. The molecule has 5 aliphatic heterocycles. The van der Waals surface area contributed by atoms with Gasteiger partial charge in [-0.1, -0.05) is 31.2 Å². The minimum atomic E-state index is -1.33. The van der Waals surface area contributed by atoms with Crippen LogP contribution in [-0.2, 0) is 75.9 Å². The number of rotatable bonds is 16. The van der Waals surface area contributed by atoms with E-state index in [9.17, 15) is 70.3 Å². The van der Waals surface area contributed by atoms with Crippen LogP contribution < -0.4 is 33.7 Å². The number of benzene rings is 4. The number of carboxylic acids is 1. The van der Waals surface area contributed by atoms with Crippen LogP contribution in [0, 0.1) is 29.2 Å². The molecular formula is C106H133BF4N12O24. The molecule has 36 nitrogen and oxygen atoms in total. The lowest BCUT2D eigenvalue weighted by Crippen LogP contribution is -2.44. The van der Waals surface area contributed by atoms with E-state index in [1.54, 1.807) is 192 Å². The van der Waals surface area contributed by atoms with Gasteiger partial charge in [-0.15, -0.1) is 0 Å². The van der Waals surface area contributed by atoms with Crippen molar-refractivity contribution < 1.29 is 132 Å². The molecule has 4 fully saturated rings. The van der Waals surface area contributed by atoms with Gasteiger partial charge in [-0.25, -0.2) is 85.4 Å². The van der Waals surface area contributed by atoms with Gasteiger partial charge < -0.3 is 90.0 Å². The van der Waals surface area contributed by atoms with E-state index < -0.39 is 153 Å². The minimum absolute atomic E-state index is 0.0362. The first-order valence-corrected chi connectivity index (χ1v) is 47.3. The first-order valence-electron chi connectivity index (χ1n) is 47.3. The van der Waals surface area contributed by atoms with Gasteiger partial charge in [-0.3, -0.25) is 19.5 Å². The molecule has 0 radical (unpaired) electrons. The lowest BCUT2D eigenvalue weighted by Gasteiger charge is -2.32. The van der Waals surface area contributed by atoms with Crippen molar-refractivity contribution >= 4 is 107 Å². The van der Waals surface area contributed by atoms with E-state index in [2.05, 4.69) is 25.3 Å². The Morgan fingerprint density at radius 2 is 0.748 bits per heavy atom. The maximum atomic E-state index is 14.9. The Balaban J connectivity index is 0.000000208. The summed E-state index contributed by atoms with van der Waals surface area (Å²) in [5.74, 6) is -7.69. The van der Waals surface area contributed by atoms with Gasteiger partial charge in [0.1, 0.15) is 98.3 Å². The van der Waals surface area contributed by atoms with Gasteiger partial charge in [0.15, 0.2) is 6.04 Å². The maximum Gasteiger partial charge on any atom is 0.496 e. The van der Waals surface area contributed by atoms with Gasteiger partial charge in [0.2, 0.25) is 0 Å². The highest BCUT2D eigenvalue weighted by Crippen LogP contribution is 2.42. The number of halogens is 4. The molecule has 5 aliphatic rings. The number of carbonyl (C=O) groups excluding carboxylic acids is 10. The molecule has 147 heavy (non-hydrogen) atoms.